The molecule has 0 saturated heterocycles. The van der Waals surface area contributed by atoms with Gasteiger partial charge in [0.25, 0.3) is 0 Å². The van der Waals surface area contributed by atoms with Crippen LogP contribution in [0.4, 0.5) is 0 Å². The van der Waals surface area contributed by atoms with Crippen LogP contribution in [0.15, 0.2) is 60.7 Å². The average Bonchev–Trinajstić information content (AvgIpc) is 2.79. The van der Waals surface area contributed by atoms with Gasteiger partial charge in [-0.1, -0.05) is 70.0 Å². The Morgan fingerprint density at radius 2 is 1.73 bits per heavy atom. The monoisotopic (exact) mass is 447 g/mol. The van der Waals surface area contributed by atoms with Crippen LogP contribution < -0.4 is 4.74 Å². The standard InChI is InChI=1S/C29H37NO3/c1-7-8-18-29(5,6)26(33-27(31)28(2,3)4)22-13-11-14-24(19-22)32-20-23-17-16-21-12-9-10-15-25(21)30-23/h9-17,19,26H,7-8,18,20H2,1-6H3. The van der Waals surface area contributed by atoms with Gasteiger partial charge in [-0.15, -0.1) is 0 Å². The third kappa shape index (κ3) is 6.56. The van der Waals surface area contributed by atoms with Crippen LogP contribution in [0.2, 0.25) is 0 Å². The van der Waals surface area contributed by atoms with Crippen molar-refractivity contribution >= 4 is 16.9 Å². The van der Waals surface area contributed by atoms with Gasteiger partial charge in [-0.05, 0) is 57.0 Å². The first-order valence-electron chi connectivity index (χ1n) is 11.9. The summed E-state index contributed by atoms with van der Waals surface area (Å²) < 4.78 is 12.2. The minimum absolute atomic E-state index is 0.191. The molecule has 3 aromatic rings. The molecule has 1 aromatic heterocycles. The number of ether oxygens (including phenoxy) is 2. The van der Waals surface area contributed by atoms with Crippen LogP contribution in [0.1, 0.15) is 78.2 Å². The molecule has 0 saturated carbocycles. The number of aromatic nitrogens is 1. The Labute approximate surface area is 198 Å². The lowest BCUT2D eigenvalue weighted by molar-refractivity contribution is -0.166. The largest absolute Gasteiger partial charge is 0.487 e. The van der Waals surface area contributed by atoms with Gasteiger partial charge in [-0.3, -0.25) is 4.79 Å². The van der Waals surface area contributed by atoms with Crippen molar-refractivity contribution in [1.29, 1.82) is 0 Å². The maximum absolute atomic E-state index is 12.8. The lowest BCUT2D eigenvalue weighted by atomic mass is 9.78. The highest BCUT2D eigenvalue weighted by Crippen LogP contribution is 2.42. The fourth-order valence-corrected chi connectivity index (χ4v) is 3.84. The Kier molecular flexibility index (Phi) is 7.78. The number of pyridine rings is 1. The quantitative estimate of drug-likeness (QED) is 0.316. The van der Waals surface area contributed by atoms with Crippen molar-refractivity contribution in [1.82, 2.24) is 4.98 Å². The second-order valence-corrected chi connectivity index (χ2v) is 10.5. The smallest absolute Gasteiger partial charge is 0.311 e. The van der Waals surface area contributed by atoms with E-state index in [9.17, 15) is 4.79 Å². The van der Waals surface area contributed by atoms with E-state index in [0.29, 0.717) is 6.61 Å². The maximum Gasteiger partial charge on any atom is 0.311 e. The number of hydrogen-bond donors (Lipinski definition) is 0. The molecule has 0 amide bonds. The molecule has 4 heteroatoms. The van der Waals surface area contributed by atoms with Gasteiger partial charge in [0.15, 0.2) is 0 Å². The van der Waals surface area contributed by atoms with E-state index in [1.54, 1.807) is 0 Å². The molecule has 1 heterocycles. The average molecular weight is 448 g/mol. The summed E-state index contributed by atoms with van der Waals surface area (Å²) in [5.41, 5.74) is 2.03. The van der Waals surface area contributed by atoms with E-state index in [-0.39, 0.29) is 17.5 Å². The van der Waals surface area contributed by atoms with Crippen molar-refractivity contribution in [2.45, 2.75) is 73.5 Å². The number of benzene rings is 2. The Morgan fingerprint density at radius 3 is 2.45 bits per heavy atom. The first-order chi connectivity index (χ1) is 15.6. The molecule has 33 heavy (non-hydrogen) atoms. The summed E-state index contributed by atoms with van der Waals surface area (Å²) in [7, 11) is 0. The zero-order valence-corrected chi connectivity index (χ0v) is 20.9. The van der Waals surface area contributed by atoms with Crippen molar-refractivity contribution in [2.75, 3.05) is 0 Å². The summed E-state index contributed by atoms with van der Waals surface area (Å²) in [4.78, 5) is 17.5. The molecule has 0 spiro atoms. The van der Waals surface area contributed by atoms with Crippen LogP contribution in [0.5, 0.6) is 5.75 Å². The minimum atomic E-state index is -0.561. The van der Waals surface area contributed by atoms with Gasteiger partial charge < -0.3 is 9.47 Å². The summed E-state index contributed by atoms with van der Waals surface area (Å²) in [5, 5.41) is 1.11. The molecule has 4 nitrogen and oxygen atoms in total. The maximum atomic E-state index is 12.8. The van der Waals surface area contributed by atoms with E-state index in [1.165, 1.54) is 0 Å². The molecule has 1 unspecified atom stereocenters. The molecular weight excluding hydrogens is 410 g/mol. The summed E-state index contributed by atoms with van der Waals surface area (Å²) in [6.07, 6.45) is 2.81. The van der Waals surface area contributed by atoms with Gasteiger partial charge in [-0.2, -0.15) is 0 Å². The highest BCUT2D eigenvalue weighted by molar-refractivity contribution is 5.78. The molecule has 0 aliphatic rings. The van der Waals surface area contributed by atoms with Crippen LogP contribution in [-0.4, -0.2) is 11.0 Å². The van der Waals surface area contributed by atoms with Crippen molar-refractivity contribution in [2.24, 2.45) is 10.8 Å². The minimum Gasteiger partial charge on any atom is -0.487 e. The van der Waals surface area contributed by atoms with Crippen LogP contribution in [0.25, 0.3) is 10.9 Å². The first-order valence-corrected chi connectivity index (χ1v) is 11.9. The van der Waals surface area contributed by atoms with Crippen molar-refractivity contribution in [3.8, 4) is 5.75 Å². The highest BCUT2D eigenvalue weighted by atomic mass is 16.5. The topological polar surface area (TPSA) is 48.4 Å². The van der Waals surface area contributed by atoms with Crippen LogP contribution in [0.3, 0.4) is 0 Å². The van der Waals surface area contributed by atoms with Gasteiger partial charge in [0.2, 0.25) is 0 Å². The second kappa shape index (κ2) is 10.4. The molecule has 0 aliphatic heterocycles. The Bertz CT molecular complexity index is 1080. The SMILES string of the molecule is CCCCC(C)(C)C(OC(=O)C(C)(C)C)c1cccc(OCc2ccc3ccccc3n2)c1. The molecule has 1 atom stereocenters. The summed E-state index contributed by atoms with van der Waals surface area (Å²) >= 11 is 0. The zero-order chi connectivity index (χ0) is 24.1. The molecule has 176 valence electrons. The number of esters is 1. The second-order valence-electron chi connectivity index (χ2n) is 10.5. The lowest BCUT2D eigenvalue weighted by Gasteiger charge is -2.36. The molecule has 3 rings (SSSR count). The first kappa shape index (κ1) is 24.8. The van der Waals surface area contributed by atoms with Crippen LogP contribution in [0, 0.1) is 10.8 Å². The van der Waals surface area contributed by atoms with E-state index >= 15 is 0 Å². The number of unbranched alkanes of at least 4 members (excludes halogenated alkanes) is 1. The van der Waals surface area contributed by atoms with E-state index in [4.69, 9.17) is 14.5 Å². The van der Waals surface area contributed by atoms with Gasteiger partial charge in [-0.25, -0.2) is 4.98 Å². The third-order valence-electron chi connectivity index (χ3n) is 5.93. The van der Waals surface area contributed by atoms with Crippen molar-refractivity contribution in [3.05, 3.63) is 71.9 Å². The number of para-hydroxylation sites is 1. The summed E-state index contributed by atoms with van der Waals surface area (Å²) in [5.74, 6) is 0.550. The zero-order valence-electron chi connectivity index (χ0n) is 20.9. The third-order valence-corrected chi connectivity index (χ3v) is 5.93. The predicted octanol–water partition coefficient (Wildman–Crippen LogP) is 7.66. The lowest BCUT2D eigenvalue weighted by Crippen LogP contribution is -2.32. The highest BCUT2D eigenvalue weighted by Gasteiger charge is 2.36. The normalized spacial score (nSPS) is 13.0. The Hall–Kier alpha value is -2.88. The number of hydrogen-bond acceptors (Lipinski definition) is 4. The molecular formula is C29H37NO3. The predicted molar refractivity (Wildman–Crippen MR) is 134 cm³/mol. The number of nitrogens with zero attached hydrogens (tertiary/aromatic N) is 1. The molecule has 0 radical (unpaired) electrons. The van der Waals surface area contributed by atoms with Gasteiger partial charge in [0.1, 0.15) is 18.5 Å². The van der Waals surface area contributed by atoms with E-state index in [1.807, 2.05) is 69.3 Å². The van der Waals surface area contributed by atoms with E-state index < -0.39 is 5.41 Å². The van der Waals surface area contributed by atoms with Gasteiger partial charge >= 0.3 is 5.97 Å². The van der Waals surface area contributed by atoms with Gasteiger partial charge in [0.05, 0.1) is 16.6 Å². The number of rotatable bonds is 9. The van der Waals surface area contributed by atoms with E-state index in [0.717, 1.165) is 47.2 Å². The summed E-state index contributed by atoms with van der Waals surface area (Å²) in [6, 6.07) is 20.0. The Morgan fingerprint density at radius 1 is 0.970 bits per heavy atom. The Balaban J connectivity index is 1.81. The number of carbonyl (C=O) groups excluding carboxylic acids is 1. The fourth-order valence-electron chi connectivity index (χ4n) is 3.84. The van der Waals surface area contributed by atoms with Crippen molar-refractivity contribution in [3.63, 3.8) is 0 Å². The number of fused-ring (bicyclic) bond motifs is 1. The summed E-state index contributed by atoms with van der Waals surface area (Å²) in [6.45, 7) is 12.6. The molecule has 0 bridgehead atoms. The van der Waals surface area contributed by atoms with Gasteiger partial charge in [0, 0.05) is 10.8 Å². The molecule has 0 aliphatic carbocycles. The molecule has 0 N–H and O–H groups in total. The van der Waals surface area contributed by atoms with Crippen molar-refractivity contribution < 1.29 is 14.3 Å². The fraction of sp³-hybridized carbons (Fsp3) is 0.448. The van der Waals surface area contributed by atoms with Crippen LogP contribution in [-0.2, 0) is 16.1 Å². The van der Waals surface area contributed by atoms with Crippen LogP contribution >= 0.6 is 0 Å². The van der Waals surface area contributed by atoms with E-state index in [2.05, 4.69) is 32.9 Å². The molecule has 0 fully saturated rings. The molecule has 2 aromatic carbocycles. The number of carbonyl (C=O) groups is 1.